The van der Waals surface area contributed by atoms with Gasteiger partial charge in [0.2, 0.25) is 11.8 Å². The molecule has 0 aliphatic heterocycles. The van der Waals surface area contributed by atoms with Crippen molar-refractivity contribution in [3.05, 3.63) is 36.2 Å². The number of hydrogen-bond donors (Lipinski definition) is 2. The number of carbonyl (C=O) groups is 1. The number of rotatable bonds is 7. The Labute approximate surface area is 110 Å². The van der Waals surface area contributed by atoms with Crippen LogP contribution in [0.25, 0.3) is 11.5 Å². The molecule has 2 aromatic rings. The Bertz CT molecular complexity index is 525. The van der Waals surface area contributed by atoms with E-state index in [1.54, 1.807) is 0 Å². The van der Waals surface area contributed by atoms with E-state index in [-0.39, 0.29) is 6.42 Å². The zero-order chi connectivity index (χ0) is 13.5. The quantitative estimate of drug-likeness (QED) is 0.737. The molecule has 0 atom stereocenters. The summed E-state index contributed by atoms with van der Waals surface area (Å²) in [6.45, 7) is 1.05. The minimum absolute atomic E-state index is 0.159. The molecule has 0 unspecified atom stereocenters. The third-order valence-electron chi connectivity index (χ3n) is 2.51. The lowest BCUT2D eigenvalue weighted by molar-refractivity contribution is -0.137. The summed E-state index contributed by atoms with van der Waals surface area (Å²) < 4.78 is 5.50. The topological polar surface area (TPSA) is 88.2 Å². The van der Waals surface area contributed by atoms with Crippen molar-refractivity contribution >= 4 is 5.97 Å². The van der Waals surface area contributed by atoms with Gasteiger partial charge in [0, 0.05) is 12.0 Å². The number of aromatic nitrogens is 2. The van der Waals surface area contributed by atoms with E-state index in [4.69, 9.17) is 9.52 Å². The minimum atomic E-state index is -0.786. The SMILES string of the molecule is O=C(O)CCCNCc1nnc(-c2ccccc2)o1. The first-order valence-corrected chi connectivity index (χ1v) is 6.06. The second-order valence-electron chi connectivity index (χ2n) is 4.04. The lowest BCUT2D eigenvalue weighted by atomic mass is 10.2. The molecule has 1 heterocycles. The summed E-state index contributed by atoms with van der Waals surface area (Å²) in [7, 11) is 0. The third kappa shape index (κ3) is 4.18. The molecule has 6 nitrogen and oxygen atoms in total. The molecule has 1 aromatic heterocycles. The van der Waals surface area contributed by atoms with Crippen molar-refractivity contribution in [3.63, 3.8) is 0 Å². The Morgan fingerprint density at radius 3 is 2.79 bits per heavy atom. The maximum absolute atomic E-state index is 10.3. The molecule has 100 valence electrons. The average molecular weight is 261 g/mol. The summed E-state index contributed by atoms with van der Waals surface area (Å²) in [6.07, 6.45) is 0.737. The molecule has 0 spiro atoms. The molecule has 2 N–H and O–H groups in total. The molecule has 0 radical (unpaired) electrons. The van der Waals surface area contributed by atoms with E-state index >= 15 is 0 Å². The Balaban J connectivity index is 1.80. The molecule has 19 heavy (non-hydrogen) atoms. The second kappa shape index (κ2) is 6.65. The predicted octanol–water partition coefficient (Wildman–Crippen LogP) is 1.69. The Morgan fingerprint density at radius 2 is 2.05 bits per heavy atom. The number of nitrogens with one attached hydrogen (secondary N) is 1. The predicted molar refractivity (Wildman–Crippen MR) is 68.3 cm³/mol. The first-order chi connectivity index (χ1) is 9.25. The van der Waals surface area contributed by atoms with E-state index in [1.807, 2.05) is 30.3 Å². The molecule has 0 fully saturated rings. The van der Waals surface area contributed by atoms with Gasteiger partial charge in [-0.2, -0.15) is 0 Å². The van der Waals surface area contributed by atoms with Gasteiger partial charge in [0.1, 0.15) is 0 Å². The molecule has 0 saturated heterocycles. The smallest absolute Gasteiger partial charge is 0.303 e. The van der Waals surface area contributed by atoms with Gasteiger partial charge >= 0.3 is 5.97 Å². The lowest BCUT2D eigenvalue weighted by Gasteiger charge is -1.99. The molecule has 0 bridgehead atoms. The van der Waals surface area contributed by atoms with Crippen molar-refractivity contribution in [3.8, 4) is 11.5 Å². The standard InChI is InChI=1S/C13H15N3O3/c17-12(18)7-4-8-14-9-11-15-16-13(19-11)10-5-2-1-3-6-10/h1-3,5-6,14H,4,7-9H2,(H,17,18). The van der Waals surface area contributed by atoms with Crippen molar-refractivity contribution in [1.29, 1.82) is 0 Å². The molecular formula is C13H15N3O3. The van der Waals surface area contributed by atoms with Crippen LogP contribution in [0.4, 0.5) is 0 Å². The van der Waals surface area contributed by atoms with Crippen LogP contribution in [0, 0.1) is 0 Å². The molecule has 0 saturated carbocycles. The van der Waals surface area contributed by atoms with Crippen molar-refractivity contribution < 1.29 is 14.3 Å². The van der Waals surface area contributed by atoms with Gasteiger partial charge in [0.25, 0.3) is 0 Å². The van der Waals surface area contributed by atoms with Crippen molar-refractivity contribution in [2.24, 2.45) is 0 Å². The molecule has 0 aliphatic rings. The van der Waals surface area contributed by atoms with Crippen molar-refractivity contribution in [2.45, 2.75) is 19.4 Å². The van der Waals surface area contributed by atoms with Gasteiger partial charge < -0.3 is 14.8 Å². The average Bonchev–Trinajstić information content (AvgIpc) is 2.88. The number of benzene rings is 1. The fourth-order valence-electron chi connectivity index (χ4n) is 1.58. The van der Waals surface area contributed by atoms with Gasteiger partial charge in [-0.25, -0.2) is 0 Å². The first-order valence-electron chi connectivity index (χ1n) is 6.06. The number of aliphatic carboxylic acids is 1. The zero-order valence-corrected chi connectivity index (χ0v) is 10.4. The monoisotopic (exact) mass is 261 g/mol. The Hall–Kier alpha value is -2.21. The van der Waals surface area contributed by atoms with Gasteiger partial charge in [-0.15, -0.1) is 10.2 Å². The van der Waals surface area contributed by atoms with Gasteiger partial charge in [-0.3, -0.25) is 4.79 Å². The van der Waals surface area contributed by atoms with Crippen LogP contribution < -0.4 is 5.32 Å². The normalized spacial score (nSPS) is 10.5. The highest BCUT2D eigenvalue weighted by atomic mass is 16.4. The summed E-state index contributed by atoms with van der Waals surface area (Å²) >= 11 is 0. The fourth-order valence-corrected chi connectivity index (χ4v) is 1.58. The highest BCUT2D eigenvalue weighted by Crippen LogP contribution is 2.16. The third-order valence-corrected chi connectivity index (χ3v) is 2.51. The lowest BCUT2D eigenvalue weighted by Crippen LogP contribution is -2.15. The van der Waals surface area contributed by atoms with Crippen molar-refractivity contribution in [2.75, 3.05) is 6.54 Å². The van der Waals surface area contributed by atoms with Crippen LogP contribution in [0.5, 0.6) is 0 Å². The van der Waals surface area contributed by atoms with Crippen LogP contribution >= 0.6 is 0 Å². The van der Waals surface area contributed by atoms with E-state index in [0.29, 0.717) is 31.3 Å². The zero-order valence-electron chi connectivity index (χ0n) is 10.4. The number of hydrogen-bond acceptors (Lipinski definition) is 5. The molecular weight excluding hydrogens is 246 g/mol. The first kappa shape index (κ1) is 13.2. The Morgan fingerprint density at radius 1 is 1.26 bits per heavy atom. The van der Waals surface area contributed by atoms with Gasteiger partial charge in [0.05, 0.1) is 6.54 Å². The molecule has 1 aromatic carbocycles. The van der Waals surface area contributed by atoms with Crippen LogP contribution in [0.3, 0.4) is 0 Å². The summed E-state index contributed by atoms with van der Waals surface area (Å²) in [5.41, 5.74) is 0.882. The van der Waals surface area contributed by atoms with Gasteiger partial charge in [-0.1, -0.05) is 18.2 Å². The van der Waals surface area contributed by atoms with Crippen LogP contribution in [-0.2, 0) is 11.3 Å². The highest BCUT2D eigenvalue weighted by molar-refractivity contribution is 5.66. The van der Waals surface area contributed by atoms with Crippen LogP contribution in [0.2, 0.25) is 0 Å². The number of carboxylic acids is 1. The molecule has 2 rings (SSSR count). The van der Waals surface area contributed by atoms with E-state index in [0.717, 1.165) is 5.56 Å². The largest absolute Gasteiger partial charge is 0.481 e. The second-order valence-corrected chi connectivity index (χ2v) is 4.04. The molecule has 0 amide bonds. The molecule has 0 aliphatic carbocycles. The van der Waals surface area contributed by atoms with Crippen molar-refractivity contribution in [1.82, 2.24) is 15.5 Å². The maximum Gasteiger partial charge on any atom is 0.303 e. The summed E-state index contributed by atoms with van der Waals surface area (Å²) in [6, 6.07) is 9.53. The van der Waals surface area contributed by atoms with E-state index < -0.39 is 5.97 Å². The van der Waals surface area contributed by atoms with Crippen LogP contribution in [0.15, 0.2) is 34.7 Å². The maximum atomic E-state index is 10.3. The highest BCUT2D eigenvalue weighted by Gasteiger charge is 2.07. The van der Waals surface area contributed by atoms with Crippen LogP contribution in [-0.4, -0.2) is 27.8 Å². The van der Waals surface area contributed by atoms with Crippen LogP contribution in [0.1, 0.15) is 18.7 Å². The van der Waals surface area contributed by atoms with E-state index in [2.05, 4.69) is 15.5 Å². The number of carboxylic acid groups (broad SMARTS) is 1. The van der Waals surface area contributed by atoms with Gasteiger partial charge in [0.15, 0.2) is 0 Å². The van der Waals surface area contributed by atoms with Gasteiger partial charge in [-0.05, 0) is 25.1 Å². The van der Waals surface area contributed by atoms with E-state index in [9.17, 15) is 4.79 Å². The number of nitrogens with zero attached hydrogens (tertiary/aromatic N) is 2. The summed E-state index contributed by atoms with van der Waals surface area (Å²) in [4.78, 5) is 10.3. The summed E-state index contributed by atoms with van der Waals surface area (Å²) in [5, 5.41) is 19.4. The minimum Gasteiger partial charge on any atom is -0.481 e. The van der Waals surface area contributed by atoms with E-state index in [1.165, 1.54) is 0 Å². The summed E-state index contributed by atoms with van der Waals surface area (Å²) in [5.74, 6) is 0.197. The Kier molecular flexibility index (Phi) is 4.63. The fraction of sp³-hybridized carbons (Fsp3) is 0.308. The molecule has 6 heteroatoms.